The Morgan fingerprint density at radius 2 is 1.85 bits per heavy atom. The largest absolute Gasteiger partial charge is 0.446 e. The Labute approximate surface area is 155 Å². The van der Waals surface area contributed by atoms with Gasteiger partial charge in [-0.05, 0) is 18.2 Å². The van der Waals surface area contributed by atoms with Crippen LogP contribution in [0.5, 0.6) is 0 Å². The number of fused-ring (bicyclic) bond motifs is 2. The molecule has 8 nitrogen and oxygen atoms in total. The van der Waals surface area contributed by atoms with Gasteiger partial charge >= 0.3 is 12.1 Å². The van der Waals surface area contributed by atoms with Gasteiger partial charge in [-0.15, -0.1) is 0 Å². The number of nitrogens with one attached hydrogen (secondary N) is 1. The predicted molar refractivity (Wildman–Crippen MR) is 94.3 cm³/mol. The van der Waals surface area contributed by atoms with E-state index in [9.17, 15) is 18.0 Å². The lowest BCUT2D eigenvalue weighted by molar-refractivity contribution is -0.149. The van der Waals surface area contributed by atoms with Crippen molar-refractivity contribution >= 4 is 27.8 Å². The first-order valence-corrected chi connectivity index (χ1v) is 9.61. The minimum Gasteiger partial charge on any atom is -0.446 e. The second-order valence-electron chi connectivity index (χ2n) is 6.27. The fraction of sp³-hybridized carbons (Fsp3) is 0.222. The van der Waals surface area contributed by atoms with Crippen molar-refractivity contribution in [2.75, 3.05) is 10.9 Å². The number of alkyl carbamates (subject to hydrolysis) is 1. The van der Waals surface area contributed by atoms with Crippen LogP contribution in [0.2, 0.25) is 0 Å². The number of hydrogen-bond acceptors (Lipinski definition) is 6. The summed E-state index contributed by atoms with van der Waals surface area (Å²) in [6.45, 7) is 1.02. The molecule has 0 saturated carbocycles. The van der Waals surface area contributed by atoms with Crippen LogP contribution in [-0.2, 0) is 29.8 Å². The highest BCUT2D eigenvalue weighted by Crippen LogP contribution is 2.48. The summed E-state index contributed by atoms with van der Waals surface area (Å²) < 4.78 is 38.3. The average molecular weight is 388 g/mol. The van der Waals surface area contributed by atoms with Crippen LogP contribution in [0.25, 0.3) is 0 Å². The average Bonchev–Trinajstić information content (AvgIpc) is 3.16. The van der Waals surface area contributed by atoms with Crippen molar-refractivity contribution in [2.24, 2.45) is 0 Å². The molecule has 2 aromatic rings. The van der Waals surface area contributed by atoms with E-state index in [1.807, 2.05) is 0 Å². The molecule has 0 unspecified atom stereocenters. The summed E-state index contributed by atoms with van der Waals surface area (Å²) in [4.78, 5) is 23.7. The van der Waals surface area contributed by atoms with E-state index in [4.69, 9.17) is 9.47 Å². The summed E-state index contributed by atoms with van der Waals surface area (Å²) in [5.74, 6) is -0.679. The minimum atomic E-state index is -4.08. The standard InChI is InChI=1S/C18H16N2O6S/c1-12(21)26-16-18(11-25-17(22)19-18)14-9-5-6-10-15(14)20(16)27(23,24)13-7-3-2-4-8-13/h2-10,16H,11H2,1H3,(H,19,22)/t16-,18-/m0/s1. The molecule has 140 valence electrons. The molecule has 0 bridgehead atoms. The van der Waals surface area contributed by atoms with Gasteiger partial charge in [-0.3, -0.25) is 4.79 Å². The zero-order chi connectivity index (χ0) is 19.2. The van der Waals surface area contributed by atoms with Crippen LogP contribution in [-0.4, -0.2) is 33.3 Å². The monoisotopic (exact) mass is 388 g/mol. The van der Waals surface area contributed by atoms with Crippen molar-refractivity contribution in [1.82, 2.24) is 5.32 Å². The molecule has 1 N–H and O–H groups in total. The van der Waals surface area contributed by atoms with Crippen LogP contribution >= 0.6 is 0 Å². The fourth-order valence-corrected chi connectivity index (χ4v) is 5.10. The number of rotatable bonds is 3. The Morgan fingerprint density at radius 3 is 2.48 bits per heavy atom. The van der Waals surface area contributed by atoms with Gasteiger partial charge in [0.05, 0.1) is 10.6 Å². The zero-order valence-corrected chi connectivity index (χ0v) is 15.1. The van der Waals surface area contributed by atoms with E-state index in [2.05, 4.69) is 5.32 Å². The van der Waals surface area contributed by atoms with Gasteiger partial charge in [0.15, 0.2) is 5.54 Å². The molecule has 1 fully saturated rings. The molecule has 27 heavy (non-hydrogen) atoms. The van der Waals surface area contributed by atoms with Crippen LogP contribution in [0.3, 0.4) is 0 Å². The fourth-order valence-electron chi connectivity index (χ4n) is 3.48. The maximum absolute atomic E-state index is 13.4. The van der Waals surface area contributed by atoms with Gasteiger partial charge in [-0.1, -0.05) is 36.4 Å². The number of sulfonamides is 1. The van der Waals surface area contributed by atoms with E-state index in [-0.39, 0.29) is 11.5 Å². The minimum absolute atomic E-state index is 0.0410. The Bertz CT molecular complexity index is 1020. The first kappa shape index (κ1) is 17.3. The number of nitrogens with zero attached hydrogens (tertiary/aromatic N) is 1. The van der Waals surface area contributed by atoms with Gasteiger partial charge in [0.1, 0.15) is 6.61 Å². The van der Waals surface area contributed by atoms with Gasteiger partial charge in [0.2, 0.25) is 6.23 Å². The van der Waals surface area contributed by atoms with Crippen molar-refractivity contribution < 1.29 is 27.5 Å². The van der Waals surface area contributed by atoms with Crippen molar-refractivity contribution in [2.45, 2.75) is 23.6 Å². The van der Waals surface area contributed by atoms with Crippen LogP contribution < -0.4 is 9.62 Å². The number of carbonyl (C=O) groups is 2. The van der Waals surface area contributed by atoms with Crippen molar-refractivity contribution in [3.05, 3.63) is 60.2 Å². The molecule has 1 amide bonds. The molecule has 1 spiro atoms. The molecule has 9 heteroatoms. The van der Waals surface area contributed by atoms with Crippen LogP contribution in [0.4, 0.5) is 10.5 Å². The van der Waals surface area contributed by atoms with Gasteiger partial charge in [0.25, 0.3) is 10.0 Å². The van der Waals surface area contributed by atoms with Crippen molar-refractivity contribution in [1.29, 1.82) is 0 Å². The number of hydrogen-bond donors (Lipinski definition) is 1. The molecular weight excluding hydrogens is 372 g/mol. The molecule has 2 aliphatic heterocycles. The van der Waals surface area contributed by atoms with E-state index >= 15 is 0 Å². The maximum Gasteiger partial charge on any atom is 0.408 e. The van der Waals surface area contributed by atoms with Gasteiger partial charge in [-0.2, -0.15) is 0 Å². The van der Waals surface area contributed by atoms with Crippen molar-refractivity contribution in [3.8, 4) is 0 Å². The second kappa shape index (κ2) is 5.98. The number of esters is 1. The highest BCUT2D eigenvalue weighted by atomic mass is 32.2. The molecular formula is C18H16N2O6S. The molecule has 2 atom stereocenters. The van der Waals surface area contributed by atoms with E-state index in [1.54, 1.807) is 42.5 Å². The smallest absolute Gasteiger partial charge is 0.408 e. The summed E-state index contributed by atoms with van der Waals surface area (Å²) in [5.41, 5.74) is -0.499. The number of para-hydroxylation sites is 1. The molecule has 2 aromatic carbocycles. The van der Waals surface area contributed by atoms with Gasteiger partial charge in [-0.25, -0.2) is 17.5 Å². The van der Waals surface area contributed by atoms with Gasteiger partial charge in [0, 0.05) is 12.5 Å². The Hall–Kier alpha value is -3.07. The summed E-state index contributed by atoms with van der Waals surface area (Å²) in [6, 6.07) is 14.5. The second-order valence-corrected chi connectivity index (χ2v) is 8.08. The third-order valence-electron chi connectivity index (χ3n) is 4.59. The number of ether oxygens (including phenoxy) is 2. The summed E-state index contributed by atoms with van der Waals surface area (Å²) in [7, 11) is -4.08. The molecule has 2 aliphatic rings. The van der Waals surface area contributed by atoms with E-state index in [0.29, 0.717) is 11.3 Å². The van der Waals surface area contributed by atoms with Crippen molar-refractivity contribution in [3.63, 3.8) is 0 Å². The van der Waals surface area contributed by atoms with E-state index in [1.165, 1.54) is 19.1 Å². The number of anilines is 1. The molecule has 4 rings (SSSR count). The first-order chi connectivity index (χ1) is 12.9. The topological polar surface area (TPSA) is 102 Å². The zero-order valence-electron chi connectivity index (χ0n) is 14.3. The third-order valence-corrected chi connectivity index (χ3v) is 6.36. The summed E-state index contributed by atoms with van der Waals surface area (Å²) >= 11 is 0. The number of carbonyl (C=O) groups excluding carboxylic acids is 2. The third kappa shape index (κ3) is 2.54. The quantitative estimate of drug-likeness (QED) is 0.804. The number of benzene rings is 2. The SMILES string of the molecule is CC(=O)O[C@@H]1N(S(=O)(=O)c2ccccc2)c2ccccc2[C@@]12COC(=O)N2. The molecule has 0 radical (unpaired) electrons. The Morgan fingerprint density at radius 1 is 1.19 bits per heavy atom. The Kier molecular flexibility index (Phi) is 3.84. The van der Waals surface area contributed by atoms with Crippen LogP contribution in [0.15, 0.2) is 59.5 Å². The summed E-state index contributed by atoms with van der Waals surface area (Å²) in [5, 5.41) is 2.65. The summed E-state index contributed by atoms with van der Waals surface area (Å²) in [6.07, 6.45) is -2.02. The lowest BCUT2D eigenvalue weighted by Crippen LogP contribution is -2.56. The highest BCUT2D eigenvalue weighted by molar-refractivity contribution is 7.92. The molecule has 2 heterocycles. The van der Waals surface area contributed by atoms with Crippen LogP contribution in [0.1, 0.15) is 12.5 Å². The molecule has 0 aliphatic carbocycles. The predicted octanol–water partition coefficient (Wildman–Crippen LogP) is 1.72. The Balaban J connectivity index is 1.94. The van der Waals surface area contributed by atoms with E-state index < -0.39 is 33.9 Å². The molecule has 0 aromatic heterocycles. The highest BCUT2D eigenvalue weighted by Gasteiger charge is 2.61. The normalized spacial score (nSPS) is 23.7. The number of cyclic esters (lactones) is 1. The lowest BCUT2D eigenvalue weighted by atomic mass is 9.92. The maximum atomic E-state index is 13.4. The number of amides is 1. The molecule has 1 saturated heterocycles. The van der Waals surface area contributed by atoms with Gasteiger partial charge < -0.3 is 14.8 Å². The van der Waals surface area contributed by atoms with E-state index in [0.717, 1.165) is 4.31 Å². The van der Waals surface area contributed by atoms with Crippen LogP contribution in [0, 0.1) is 0 Å². The lowest BCUT2D eigenvalue weighted by Gasteiger charge is -2.33. The first-order valence-electron chi connectivity index (χ1n) is 8.17.